The van der Waals surface area contributed by atoms with E-state index in [0.29, 0.717) is 28.6 Å². The van der Waals surface area contributed by atoms with Gasteiger partial charge in [-0.15, -0.1) is 0 Å². The summed E-state index contributed by atoms with van der Waals surface area (Å²) in [6.07, 6.45) is 1.92. The quantitative estimate of drug-likeness (QED) is 0.144. The smallest absolute Gasteiger partial charge is 0.391 e. The summed E-state index contributed by atoms with van der Waals surface area (Å²) in [5, 5.41) is 6.14. The van der Waals surface area contributed by atoms with Crippen LogP contribution in [0.15, 0.2) is 183 Å². The van der Waals surface area contributed by atoms with Crippen LogP contribution in [0.25, 0.3) is 83.0 Å². The van der Waals surface area contributed by atoms with E-state index in [1.807, 2.05) is 126 Å². The van der Waals surface area contributed by atoms with E-state index in [-0.39, 0.29) is 12.4 Å². The number of ether oxygens (including phenoxy) is 2. The van der Waals surface area contributed by atoms with E-state index < -0.39 is 12.1 Å². The molecule has 12 rings (SSSR count). The third kappa shape index (κ3) is 6.64. The maximum Gasteiger partial charge on any atom is 0.391 e. The first-order valence-corrected chi connectivity index (χ1v) is 21.5. The number of halogens is 3. The molecule has 0 bridgehead atoms. The fraction of sp³-hybridized carbons (Fsp3) is 0.0741. The Morgan fingerprint density at radius 3 is 1.21 bits per heavy atom. The number of rotatable bonds is 9. The molecule has 6 heterocycles. The Morgan fingerprint density at radius 1 is 0.439 bits per heavy atom. The van der Waals surface area contributed by atoms with Crippen molar-refractivity contribution in [2.45, 2.75) is 19.5 Å². The SMILES string of the molecule is CC(Cc1cnc(-n2c3cc(Oc4ccc5c6ccccc6n(-c6ccccn6)c5c4)ccc3c3ccc(Oc4ccc5c6ccccc6n(-c6ccccn6)c5c4)cc32)nc1)C(F)(F)F. The average molecular weight is 872 g/mol. The average Bonchev–Trinajstić information content (AvgIpc) is 3.96. The lowest BCUT2D eigenvalue weighted by Crippen LogP contribution is -2.22. The Kier molecular flexibility index (Phi) is 9.09. The summed E-state index contributed by atoms with van der Waals surface area (Å²) in [6, 6.07) is 52.0. The molecule has 12 aromatic rings. The molecule has 0 spiro atoms. The number of hydrogen-bond donors (Lipinski definition) is 0. The number of nitrogens with zero attached hydrogens (tertiary/aromatic N) is 7. The third-order valence-corrected chi connectivity index (χ3v) is 12.2. The molecule has 0 aliphatic carbocycles. The van der Waals surface area contributed by atoms with E-state index in [9.17, 15) is 13.2 Å². The van der Waals surface area contributed by atoms with Crippen molar-refractivity contribution in [3.05, 3.63) is 188 Å². The van der Waals surface area contributed by atoms with Gasteiger partial charge in [0.15, 0.2) is 0 Å². The summed E-state index contributed by atoms with van der Waals surface area (Å²) in [5.41, 5.74) is 5.81. The monoisotopic (exact) mass is 871 g/mol. The van der Waals surface area contributed by atoms with Crippen molar-refractivity contribution in [3.63, 3.8) is 0 Å². The minimum absolute atomic E-state index is 0.236. The summed E-state index contributed by atoms with van der Waals surface area (Å²) in [4.78, 5) is 18.6. The molecule has 6 aromatic carbocycles. The van der Waals surface area contributed by atoms with Crippen molar-refractivity contribution in [1.82, 2.24) is 33.6 Å². The molecule has 0 aliphatic rings. The number of hydrogen-bond acceptors (Lipinski definition) is 6. The van der Waals surface area contributed by atoms with Crippen molar-refractivity contribution in [1.29, 1.82) is 0 Å². The van der Waals surface area contributed by atoms with Crippen LogP contribution in [0.3, 0.4) is 0 Å². The number of aromatic nitrogens is 7. The summed E-state index contributed by atoms with van der Waals surface area (Å²) in [7, 11) is 0. The fourth-order valence-corrected chi connectivity index (χ4v) is 9.12. The van der Waals surface area contributed by atoms with Crippen molar-refractivity contribution >= 4 is 65.4 Å². The lowest BCUT2D eigenvalue weighted by Gasteiger charge is -2.15. The van der Waals surface area contributed by atoms with Gasteiger partial charge < -0.3 is 9.47 Å². The minimum Gasteiger partial charge on any atom is -0.457 e. The molecule has 0 radical (unpaired) electrons. The molecule has 9 nitrogen and oxygen atoms in total. The van der Waals surface area contributed by atoms with Gasteiger partial charge in [-0.05, 0) is 96.9 Å². The highest BCUT2D eigenvalue weighted by Gasteiger charge is 2.36. The number of fused-ring (bicyclic) bond motifs is 9. The van der Waals surface area contributed by atoms with E-state index in [2.05, 4.69) is 65.5 Å². The lowest BCUT2D eigenvalue weighted by atomic mass is 10.0. The molecule has 0 saturated heterocycles. The van der Waals surface area contributed by atoms with Crippen LogP contribution in [0.1, 0.15) is 12.5 Å². The second-order valence-electron chi connectivity index (χ2n) is 16.4. The molecule has 320 valence electrons. The number of alkyl halides is 3. The molecule has 1 atom stereocenters. The van der Waals surface area contributed by atoms with Crippen LogP contribution in [-0.2, 0) is 6.42 Å². The number of pyridine rings is 2. The molecule has 0 saturated carbocycles. The molecule has 0 fully saturated rings. The Balaban J connectivity index is 0.963. The number of para-hydroxylation sites is 2. The van der Waals surface area contributed by atoms with Gasteiger partial charge in [0.25, 0.3) is 0 Å². The van der Waals surface area contributed by atoms with Crippen LogP contribution in [-0.4, -0.2) is 39.8 Å². The van der Waals surface area contributed by atoms with E-state index in [0.717, 1.165) is 84.0 Å². The largest absolute Gasteiger partial charge is 0.457 e. The van der Waals surface area contributed by atoms with Crippen LogP contribution in [0.2, 0.25) is 0 Å². The predicted octanol–water partition coefficient (Wildman–Crippen LogP) is 13.9. The second kappa shape index (κ2) is 15.3. The zero-order chi connectivity index (χ0) is 44.5. The van der Waals surface area contributed by atoms with Gasteiger partial charge in [-0.3, -0.25) is 13.7 Å². The Labute approximate surface area is 374 Å². The maximum atomic E-state index is 13.5. The second-order valence-corrected chi connectivity index (χ2v) is 16.4. The van der Waals surface area contributed by atoms with Crippen LogP contribution >= 0.6 is 0 Å². The van der Waals surface area contributed by atoms with Gasteiger partial charge in [0.05, 0.1) is 39.0 Å². The fourth-order valence-electron chi connectivity index (χ4n) is 9.12. The summed E-state index contributed by atoms with van der Waals surface area (Å²) in [5.74, 6) is 2.70. The van der Waals surface area contributed by atoms with Crippen molar-refractivity contribution in [2.75, 3.05) is 0 Å². The minimum atomic E-state index is -4.34. The molecule has 6 aromatic heterocycles. The van der Waals surface area contributed by atoms with Gasteiger partial charge in [-0.1, -0.05) is 55.5 Å². The zero-order valence-corrected chi connectivity index (χ0v) is 35.2. The molecule has 66 heavy (non-hydrogen) atoms. The third-order valence-electron chi connectivity index (χ3n) is 12.2. The Bertz CT molecular complexity index is 3590. The van der Waals surface area contributed by atoms with Crippen molar-refractivity contribution in [3.8, 4) is 40.6 Å². The summed E-state index contributed by atoms with van der Waals surface area (Å²) in [6.45, 7) is 1.16. The highest BCUT2D eigenvalue weighted by atomic mass is 19.4. The van der Waals surface area contributed by atoms with Gasteiger partial charge in [0.1, 0.15) is 34.6 Å². The summed E-state index contributed by atoms with van der Waals surface area (Å²) < 4.78 is 60.1. The van der Waals surface area contributed by atoms with E-state index in [4.69, 9.17) is 9.47 Å². The van der Waals surface area contributed by atoms with Gasteiger partial charge in [-0.2, -0.15) is 13.2 Å². The first-order chi connectivity index (χ1) is 32.2. The normalized spacial score (nSPS) is 12.5. The van der Waals surface area contributed by atoms with Gasteiger partial charge in [0, 0.05) is 81.4 Å². The molecule has 0 N–H and O–H groups in total. The predicted molar refractivity (Wildman–Crippen MR) is 253 cm³/mol. The Hall–Kier alpha value is -8.51. The van der Waals surface area contributed by atoms with Crippen LogP contribution in [0.4, 0.5) is 13.2 Å². The highest BCUT2D eigenvalue weighted by Crippen LogP contribution is 2.40. The van der Waals surface area contributed by atoms with E-state index in [1.165, 1.54) is 12.4 Å². The van der Waals surface area contributed by atoms with Crippen LogP contribution in [0, 0.1) is 5.92 Å². The van der Waals surface area contributed by atoms with Crippen LogP contribution in [0.5, 0.6) is 23.0 Å². The van der Waals surface area contributed by atoms with Gasteiger partial charge >= 0.3 is 6.18 Å². The molecule has 0 amide bonds. The molecular weight excluding hydrogens is 836 g/mol. The van der Waals surface area contributed by atoms with E-state index in [1.54, 1.807) is 12.4 Å². The molecule has 1 unspecified atom stereocenters. The van der Waals surface area contributed by atoms with E-state index >= 15 is 0 Å². The summed E-state index contributed by atoms with van der Waals surface area (Å²) >= 11 is 0. The standard InChI is InChI=1S/C54H36F3N7O2/c1-33(54(55,56)57)26-34-31-60-53(61-32-34)64-49-29-37(65-35-16-20-41-39-10-2-4-12-45(39)62(47(41)27-35)51-14-6-8-24-58-51)18-22-43(49)44-23-19-38(30-50(44)64)66-36-17-21-42-40-11-3-5-13-46(40)63(48(42)28-36)52-15-7-9-25-59-52/h2-25,27-33H,26H2,1H3. The van der Waals surface area contributed by atoms with Crippen molar-refractivity contribution in [2.24, 2.45) is 5.92 Å². The lowest BCUT2D eigenvalue weighted by molar-refractivity contribution is -0.169. The molecular formula is C54H36F3N7O2. The maximum absolute atomic E-state index is 13.5. The van der Waals surface area contributed by atoms with Gasteiger partial charge in [0.2, 0.25) is 5.95 Å². The van der Waals surface area contributed by atoms with Crippen LogP contribution < -0.4 is 9.47 Å². The topological polar surface area (TPSA) is 84.8 Å². The zero-order valence-electron chi connectivity index (χ0n) is 35.2. The Morgan fingerprint density at radius 2 is 0.818 bits per heavy atom. The first-order valence-electron chi connectivity index (χ1n) is 21.5. The number of benzene rings is 6. The highest BCUT2D eigenvalue weighted by molar-refractivity contribution is 6.11. The molecule has 0 aliphatic heterocycles. The molecule has 12 heteroatoms. The van der Waals surface area contributed by atoms with Gasteiger partial charge in [-0.25, -0.2) is 19.9 Å². The van der Waals surface area contributed by atoms with Crippen molar-refractivity contribution < 1.29 is 22.6 Å². The first kappa shape index (κ1) is 39.1.